The summed E-state index contributed by atoms with van der Waals surface area (Å²) in [4.78, 5) is 43.6. The van der Waals surface area contributed by atoms with Gasteiger partial charge in [0, 0.05) is 12.2 Å². The molecule has 0 radical (unpaired) electrons. The predicted molar refractivity (Wildman–Crippen MR) is 192 cm³/mol. The lowest BCUT2D eigenvalue weighted by atomic mass is 9.97. The highest BCUT2D eigenvalue weighted by Gasteiger charge is 2.36. The Morgan fingerprint density at radius 2 is 1.52 bits per heavy atom. The van der Waals surface area contributed by atoms with Crippen LogP contribution in [0.15, 0.2) is 60.7 Å². The number of rotatable bonds is 16. The number of hydrogen-bond acceptors (Lipinski definition) is 5. The molecule has 0 aromatic heterocycles. The molecule has 0 aliphatic carbocycles. The van der Waals surface area contributed by atoms with Gasteiger partial charge >= 0.3 is 6.09 Å². The first-order valence-electron chi connectivity index (χ1n) is 16.6. The number of benzene rings is 3. The first-order valence-corrected chi connectivity index (χ1v) is 18.0. The average Bonchev–Trinajstić information content (AvgIpc) is 2.98. The van der Waals surface area contributed by atoms with Crippen LogP contribution < -0.4 is 10.6 Å². The van der Waals surface area contributed by atoms with E-state index in [1.54, 1.807) is 37.4 Å². The van der Waals surface area contributed by atoms with Crippen LogP contribution in [0.5, 0.6) is 0 Å². The third kappa shape index (κ3) is 11.7. The Hall–Kier alpha value is -3.52. The van der Waals surface area contributed by atoms with Gasteiger partial charge in [0.25, 0.3) is 5.91 Å². The highest BCUT2D eigenvalue weighted by molar-refractivity contribution is 7.98. The van der Waals surface area contributed by atoms with Crippen LogP contribution in [0.1, 0.15) is 95.4 Å². The second-order valence-electron chi connectivity index (χ2n) is 13.2. The van der Waals surface area contributed by atoms with Crippen LogP contribution >= 0.6 is 11.8 Å². The largest absolute Gasteiger partial charge is 0.444 e. The van der Waals surface area contributed by atoms with Crippen molar-refractivity contribution in [3.63, 3.8) is 0 Å². The van der Waals surface area contributed by atoms with Crippen molar-refractivity contribution in [1.29, 1.82) is 0 Å². The van der Waals surface area contributed by atoms with Crippen LogP contribution in [0.25, 0.3) is 10.8 Å². The van der Waals surface area contributed by atoms with Gasteiger partial charge in [-0.1, -0.05) is 98.7 Å². The zero-order chi connectivity index (χ0) is 33.7. The molecule has 0 heterocycles. The van der Waals surface area contributed by atoms with E-state index < -0.39 is 23.8 Å². The molecule has 0 aliphatic heterocycles. The molecule has 0 fully saturated rings. The van der Waals surface area contributed by atoms with Crippen LogP contribution in [-0.4, -0.2) is 53.0 Å². The summed E-state index contributed by atoms with van der Waals surface area (Å²) >= 11 is 1.60. The van der Waals surface area contributed by atoms with Crippen molar-refractivity contribution in [2.24, 2.45) is 0 Å². The van der Waals surface area contributed by atoms with Crippen LogP contribution in [0, 0.1) is 13.8 Å². The van der Waals surface area contributed by atoms with Crippen LogP contribution in [0.3, 0.4) is 0 Å². The van der Waals surface area contributed by atoms with E-state index in [0.29, 0.717) is 24.4 Å². The van der Waals surface area contributed by atoms with Crippen molar-refractivity contribution in [3.05, 3.63) is 77.4 Å². The molecule has 0 bridgehead atoms. The summed E-state index contributed by atoms with van der Waals surface area (Å²) in [6, 6.07) is 18.1. The number of unbranched alkanes of at least 4 members (excludes halogenated alkanes) is 5. The molecular formula is C38H53N3O4S. The van der Waals surface area contributed by atoms with E-state index in [2.05, 4.69) is 23.6 Å². The molecule has 2 atom stereocenters. The van der Waals surface area contributed by atoms with Crippen LogP contribution in [0.4, 0.5) is 10.5 Å². The molecule has 0 aliphatic rings. The van der Waals surface area contributed by atoms with E-state index in [0.717, 1.165) is 59.6 Å². The van der Waals surface area contributed by atoms with E-state index in [4.69, 9.17) is 4.74 Å². The van der Waals surface area contributed by atoms with Crippen LogP contribution in [-0.2, 0) is 14.3 Å². The Morgan fingerprint density at radius 1 is 0.870 bits per heavy atom. The summed E-state index contributed by atoms with van der Waals surface area (Å²) < 4.78 is 5.55. The SMILES string of the molecule is CCCCCCCCN(C(=O)C(CCSC)NC(=O)OC(C)(C)C)C(C(=O)Nc1ccc2ccccc2c1)c1cc(C)cc(C)c1. The normalized spacial score (nSPS) is 12.8. The van der Waals surface area contributed by atoms with Gasteiger partial charge in [-0.2, -0.15) is 11.8 Å². The number of hydrogen-bond donors (Lipinski definition) is 2. The Kier molecular flexibility index (Phi) is 14.4. The minimum absolute atomic E-state index is 0.286. The maximum Gasteiger partial charge on any atom is 0.408 e. The summed E-state index contributed by atoms with van der Waals surface area (Å²) in [6.45, 7) is 12.0. The maximum absolute atomic E-state index is 14.6. The van der Waals surface area contributed by atoms with E-state index in [1.807, 2.05) is 74.7 Å². The van der Waals surface area contributed by atoms with Crippen molar-refractivity contribution >= 4 is 46.1 Å². The third-order valence-electron chi connectivity index (χ3n) is 7.77. The van der Waals surface area contributed by atoms with Crippen molar-refractivity contribution in [3.8, 4) is 0 Å². The molecule has 46 heavy (non-hydrogen) atoms. The number of alkyl carbamates (subject to hydrolysis) is 1. The molecule has 7 nitrogen and oxygen atoms in total. The van der Waals surface area contributed by atoms with E-state index in [1.165, 1.54) is 6.42 Å². The molecule has 0 spiro atoms. The zero-order valence-electron chi connectivity index (χ0n) is 28.8. The maximum atomic E-state index is 14.6. The molecule has 3 rings (SSSR count). The van der Waals surface area contributed by atoms with E-state index in [9.17, 15) is 14.4 Å². The fourth-order valence-corrected chi connectivity index (χ4v) is 6.16. The van der Waals surface area contributed by atoms with Gasteiger partial charge in [-0.25, -0.2) is 4.79 Å². The highest BCUT2D eigenvalue weighted by atomic mass is 32.2. The predicted octanol–water partition coefficient (Wildman–Crippen LogP) is 8.97. The molecule has 3 aromatic rings. The second-order valence-corrected chi connectivity index (χ2v) is 14.1. The zero-order valence-corrected chi connectivity index (χ0v) is 29.6. The summed E-state index contributed by atoms with van der Waals surface area (Å²) in [7, 11) is 0. The Bertz CT molecular complexity index is 1430. The lowest BCUT2D eigenvalue weighted by Gasteiger charge is -2.35. The molecule has 2 unspecified atom stereocenters. The van der Waals surface area contributed by atoms with Gasteiger partial charge in [-0.05, 0) is 87.9 Å². The molecule has 2 N–H and O–H groups in total. The van der Waals surface area contributed by atoms with Crippen molar-refractivity contribution in [2.75, 3.05) is 23.9 Å². The smallest absolute Gasteiger partial charge is 0.408 e. The van der Waals surface area contributed by atoms with Crippen LogP contribution in [0.2, 0.25) is 0 Å². The standard InChI is InChI=1S/C38H53N3O4S/c1-8-9-10-11-12-15-21-41(36(43)33(20-22-46-7)40-37(44)45-38(4,5)6)34(31-24-27(2)23-28(3)25-31)35(42)39-32-19-18-29-16-13-14-17-30(29)26-32/h13-14,16-19,23-26,33-34H,8-12,15,20-22H2,1-7H3,(H,39,42)(H,40,44). The summed E-state index contributed by atoms with van der Waals surface area (Å²) in [5.74, 6) is 0.0842. The number of carbonyl (C=O) groups is 3. The highest BCUT2D eigenvalue weighted by Crippen LogP contribution is 2.28. The number of ether oxygens (including phenoxy) is 1. The molecule has 0 saturated carbocycles. The average molecular weight is 648 g/mol. The molecule has 0 saturated heterocycles. The van der Waals surface area contributed by atoms with Gasteiger partial charge in [0.15, 0.2) is 0 Å². The molecule has 3 aromatic carbocycles. The number of thioether (sulfide) groups is 1. The summed E-state index contributed by atoms with van der Waals surface area (Å²) in [5.41, 5.74) is 2.72. The number of nitrogens with zero attached hydrogens (tertiary/aromatic N) is 1. The summed E-state index contributed by atoms with van der Waals surface area (Å²) in [6.07, 6.45) is 7.99. The lowest BCUT2D eigenvalue weighted by Crippen LogP contribution is -2.52. The Labute approximate surface area is 280 Å². The van der Waals surface area contributed by atoms with Gasteiger partial charge in [-0.3, -0.25) is 9.59 Å². The molecule has 3 amide bonds. The van der Waals surface area contributed by atoms with Gasteiger partial charge in [-0.15, -0.1) is 0 Å². The number of amides is 3. The fraction of sp³-hybridized carbons (Fsp3) is 0.500. The fourth-order valence-electron chi connectivity index (χ4n) is 5.69. The third-order valence-corrected chi connectivity index (χ3v) is 8.42. The number of nitrogens with one attached hydrogen (secondary N) is 2. The number of fused-ring (bicyclic) bond motifs is 1. The van der Waals surface area contributed by atoms with Crippen molar-refractivity contribution in [1.82, 2.24) is 10.2 Å². The minimum atomic E-state index is -0.898. The molecule has 8 heteroatoms. The number of aryl methyl sites for hydroxylation is 2. The van der Waals surface area contributed by atoms with Gasteiger partial charge in [0.05, 0.1) is 0 Å². The first-order chi connectivity index (χ1) is 21.9. The van der Waals surface area contributed by atoms with E-state index >= 15 is 0 Å². The molecular weight excluding hydrogens is 595 g/mol. The topological polar surface area (TPSA) is 87.7 Å². The minimum Gasteiger partial charge on any atom is -0.444 e. The summed E-state index contributed by atoms with van der Waals surface area (Å²) in [5, 5.41) is 8.07. The van der Waals surface area contributed by atoms with Gasteiger partial charge in [0.2, 0.25) is 5.91 Å². The van der Waals surface area contributed by atoms with E-state index in [-0.39, 0.29) is 11.8 Å². The Morgan fingerprint density at radius 3 is 2.17 bits per heavy atom. The van der Waals surface area contributed by atoms with Gasteiger partial charge in [0.1, 0.15) is 17.7 Å². The van der Waals surface area contributed by atoms with Gasteiger partial charge < -0.3 is 20.3 Å². The quantitative estimate of drug-likeness (QED) is 0.152. The molecule has 250 valence electrons. The number of anilines is 1. The monoisotopic (exact) mass is 647 g/mol. The second kappa shape index (κ2) is 18.0. The first kappa shape index (κ1) is 36.9. The Balaban J connectivity index is 2.04. The number of carbonyl (C=O) groups excluding carboxylic acids is 3. The van der Waals surface area contributed by atoms with Crippen molar-refractivity contribution in [2.45, 2.75) is 104 Å². The lowest BCUT2D eigenvalue weighted by molar-refractivity contribution is -0.141. The van der Waals surface area contributed by atoms with Crippen molar-refractivity contribution < 1.29 is 19.1 Å².